The summed E-state index contributed by atoms with van der Waals surface area (Å²) in [7, 11) is 1.75. The molecule has 128 valence electrons. The van der Waals surface area contributed by atoms with Gasteiger partial charge >= 0.3 is 5.97 Å². The topological polar surface area (TPSA) is 131 Å². The highest BCUT2D eigenvalue weighted by molar-refractivity contribution is 5.94. The van der Waals surface area contributed by atoms with Gasteiger partial charge in [0.25, 0.3) is 11.8 Å². The maximum absolute atomic E-state index is 11.9. The number of aliphatic carboxylic acids is 1. The van der Waals surface area contributed by atoms with Crippen LogP contribution in [0.1, 0.15) is 26.5 Å². The fourth-order valence-electron chi connectivity index (χ4n) is 1.92. The van der Waals surface area contributed by atoms with E-state index >= 15 is 0 Å². The highest BCUT2D eigenvalue weighted by Gasteiger charge is 2.12. The second-order valence-corrected chi connectivity index (χ2v) is 5.13. The van der Waals surface area contributed by atoms with Crippen LogP contribution >= 0.6 is 0 Å². The molecule has 24 heavy (non-hydrogen) atoms. The molecule has 0 aliphatic heterocycles. The predicted octanol–water partition coefficient (Wildman–Crippen LogP) is -0.831. The molecule has 2 amide bonds. The zero-order valence-corrected chi connectivity index (χ0v) is 13.3. The minimum absolute atomic E-state index is 0.223. The zero-order chi connectivity index (χ0) is 17.7. The third-order valence-corrected chi connectivity index (χ3v) is 3.24. The summed E-state index contributed by atoms with van der Waals surface area (Å²) in [6, 6.07) is 1.67. The van der Waals surface area contributed by atoms with Gasteiger partial charge < -0.3 is 15.7 Å². The number of hydrogen-bond acceptors (Lipinski definition) is 5. The molecule has 0 aliphatic carbocycles. The number of carboxylic acids is 1. The fourth-order valence-corrected chi connectivity index (χ4v) is 1.92. The molecule has 0 spiro atoms. The summed E-state index contributed by atoms with van der Waals surface area (Å²) in [5.74, 6) is -1.76. The molecule has 2 heterocycles. The molecule has 0 saturated heterocycles. The van der Waals surface area contributed by atoms with Crippen LogP contribution in [0, 0.1) is 6.92 Å². The van der Waals surface area contributed by atoms with Crippen molar-refractivity contribution >= 4 is 17.8 Å². The summed E-state index contributed by atoms with van der Waals surface area (Å²) >= 11 is 0. The van der Waals surface area contributed by atoms with Crippen molar-refractivity contribution in [1.29, 1.82) is 0 Å². The Morgan fingerprint density at radius 3 is 2.46 bits per heavy atom. The number of carbonyl (C=O) groups excluding carboxylic acids is 2. The lowest BCUT2D eigenvalue weighted by Crippen LogP contribution is -2.34. The highest BCUT2D eigenvalue weighted by atomic mass is 16.4. The van der Waals surface area contributed by atoms with Crippen LogP contribution in [0.2, 0.25) is 0 Å². The summed E-state index contributed by atoms with van der Waals surface area (Å²) in [5, 5.41) is 21.7. The van der Waals surface area contributed by atoms with Gasteiger partial charge in [-0.3, -0.25) is 23.7 Å². The molecule has 0 unspecified atom stereocenters. The van der Waals surface area contributed by atoms with Gasteiger partial charge in [-0.05, 0) is 13.0 Å². The second kappa shape index (κ2) is 7.40. The molecule has 0 aliphatic rings. The van der Waals surface area contributed by atoms with Crippen molar-refractivity contribution in [2.24, 2.45) is 7.05 Å². The highest BCUT2D eigenvalue weighted by Crippen LogP contribution is 2.00. The monoisotopic (exact) mass is 334 g/mol. The van der Waals surface area contributed by atoms with E-state index in [2.05, 4.69) is 20.8 Å². The van der Waals surface area contributed by atoms with Crippen LogP contribution in [-0.2, 0) is 18.4 Å². The molecule has 3 N–H and O–H groups in total. The molecule has 0 atom stereocenters. The number of amides is 2. The number of nitrogens with zero attached hydrogens (tertiary/aromatic N) is 4. The lowest BCUT2D eigenvalue weighted by atomic mass is 10.3. The van der Waals surface area contributed by atoms with Gasteiger partial charge in [0.1, 0.15) is 12.2 Å². The summed E-state index contributed by atoms with van der Waals surface area (Å²) < 4.78 is 2.76. The number of carboxylic acid groups (broad SMARTS) is 1. The van der Waals surface area contributed by atoms with Crippen LogP contribution in [-0.4, -0.2) is 55.5 Å². The van der Waals surface area contributed by atoms with E-state index in [0.717, 1.165) is 10.4 Å². The third-order valence-electron chi connectivity index (χ3n) is 3.24. The molecule has 0 fully saturated rings. The van der Waals surface area contributed by atoms with E-state index in [1.54, 1.807) is 17.8 Å². The first-order chi connectivity index (χ1) is 11.4. The number of carbonyl (C=O) groups is 3. The number of aryl methyl sites for hydroxylation is 2. The molecule has 10 heteroatoms. The molecule has 2 aromatic rings. The Labute approximate surface area is 137 Å². The van der Waals surface area contributed by atoms with E-state index < -0.39 is 11.9 Å². The zero-order valence-electron chi connectivity index (χ0n) is 13.3. The normalized spacial score (nSPS) is 10.4. The van der Waals surface area contributed by atoms with Crippen LogP contribution in [0.3, 0.4) is 0 Å². The number of aromatic nitrogens is 4. The van der Waals surface area contributed by atoms with E-state index in [9.17, 15) is 14.4 Å². The average Bonchev–Trinajstić information content (AvgIpc) is 3.10. The lowest BCUT2D eigenvalue weighted by molar-refractivity contribution is -0.137. The van der Waals surface area contributed by atoms with Crippen LogP contribution in [0.5, 0.6) is 0 Å². The molecule has 0 bridgehead atoms. The Bertz CT molecular complexity index is 744. The minimum Gasteiger partial charge on any atom is -0.480 e. The SMILES string of the molecule is Cc1cc(C(=O)NCCNC(=O)c2cnn(CC(=O)O)c2)nn1C. The number of rotatable bonds is 7. The maximum atomic E-state index is 11.9. The number of nitrogens with one attached hydrogen (secondary N) is 2. The molecular weight excluding hydrogens is 316 g/mol. The Morgan fingerprint density at radius 2 is 1.88 bits per heavy atom. The molecule has 0 aromatic carbocycles. The standard InChI is InChI=1S/C14H18N6O4/c1-9-5-11(18-19(9)2)14(24)16-4-3-15-13(23)10-6-17-20(7-10)8-12(21)22/h5-7H,3-4,8H2,1-2H3,(H,15,23)(H,16,24)(H,21,22). The summed E-state index contributed by atoms with van der Waals surface area (Å²) in [4.78, 5) is 34.3. The molecule has 2 aromatic heterocycles. The second-order valence-electron chi connectivity index (χ2n) is 5.13. The van der Waals surface area contributed by atoms with Gasteiger partial charge in [0, 0.05) is 32.0 Å². The maximum Gasteiger partial charge on any atom is 0.325 e. The minimum atomic E-state index is -1.04. The quantitative estimate of drug-likeness (QED) is 0.566. The van der Waals surface area contributed by atoms with Gasteiger partial charge in [-0.25, -0.2) is 0 Å². The molecule has 0 radical (unpaired) electrons. The summed E-state index contributed by atoms with van der Waals surface area (Å²) in [6.07, 6.45) is 2.63. The van der Waals surface area contributed by atoms with Crippen LogP contribution in [0.4, 0.5) is 0 Å². The van der Waals surface area contributed by atoms with Gasteiger partial charge in [0.15, 0.2) is 0 Å². The van der Waals surface area contributed by atoms with Gasteiger partial charge in [-0.2, -0.15) is 10.2 Å². The largest absolute Gasteiger partial charge is 0.480 e. The van der Waals surface area contributed by atoms with Crippen molar-refractivity contribution in [1.82, 2.24) is 30.2 Å². The predicted molar refractivity (Wildman–Crippen MR) is 82.5 cm³/mol. The Balaban J connectivity index is 1.75. The lowest BCUT2D eigenvalue weighted by Gasteiger charge is -2.04. The van der Waals surface area contributed by atoms with E-state index in [0.29, 0.717) is 5.69 Å². The van der Waals surface area contributed by atoms with Crippen molar-refractivity contribution in [2.75, 3.05) is 13.1 Å². The molecule has 10 nitrogen and oxygen atoms in total. The smallest absolute Gasteiger partial charge is 0.325 e. The van der Waals surface area contributed by atoms with Gasteiger partial charge in [0.2, 0.25) is 0 Å². The first-order valence-corrected chi connectivity index (χ1v) is 7.18. The van der Waals surface area contributed by atoms with Crippen LogP contribution in [0.15, 0.2) is 18.5 Å². The van der Waals surface area contributed by atoms with Crippen molar-refractivity contribution < 1.29 is 19.5 Å². The van der Waals surface area contributed by atoms with E-state index in [1.807, 2.05) is 6.92 Å². The van der Waals surface area contributed by atoms with Crippen molar-refractivity contribution in [3.63, 3.8) is 0 Å². The molecular formula is C14H18N6O4. The van der Waals surface area contributed by atoms with Gasteiger partial charge in [0.05, 0.1) is 11.8 Å². The summed E-state index contributed by atoms with van der Waals surface area (Å²) in [6.45, 7) is 1.99. The van der Waals surface area contributed by atoms with Crippen molar-refractivity contribution in [3.8, 4) is 0 Å². The first-order valence-electron chi connectivity index (χ1n) is 7.18. The van der Waals surface area contributed by atoms with Crippen LogP contribution in [0.25, 0.3) is 0 Å². The first kappa shape index (κ1) is 17.2. The van der Waals surface area contributed by atoms with Crippen molar-refractivity contribution in [3.05, 3.63) is 35.4 Å². The Morgan fingerprint density at radius 1 is 1.21 bits per heavy atom. The fraction of sp³-hybridized carbons (Fsp3) is 0.357. The summed E-state index contributed by atoms with van der Waals surface area (Å²) in [5.41, 5.74) is 1.44. The van der Waals surface area contributed by atoms with Gasteiger partial charge in [-0.15, -0.1) is 0 Å². The number of hydrogen-bond donors (Lipinski definition) is 3. The molecule has 2 rings (SSSR count). The van der Waals surface area contributed by atoms with Gasteiger partial charge in [-0.1, -0.05) is 0 Å². The molecule has 0 saturated carbocycles. The Hall–Kier alpha value is -3.17. The third kappa shape index (κ3) is 4.41. The van der Waals surface area contributed by atoms with Crippen LogP contribution < -0.4 is 10.6 Å². The van der Waals surface area contributed by atoms with E-state index in [4.69, 9.17) is 5.11 Å². The van der Waals surface area contributed by atoms with E-state index in [-0.39, 0.29) is 31.1 Å². The van der Waals surface area contributed by atoms with Crippen molar-refractivity contribution in [2.45, 2.75) is 13.5 Å². The Kier molecular flexibility index (Phi) is 5.30. The van der Waals surface area contributed by atoms with E-state index in [1.165, 1.54) is 12.4 Å². The average molecular weight is 334 g/mol.